The van der Waals surface area contributed by atoms with E-state index in [0.717, 1.165) is 40.0 Å². The lowest BCUT2D eigenvalue weighted by molar-refractivity contribution is -0.123. The van der Waals surface area contributed by atoms with Gasteiger partial charge >= 0.3 is 7.12 Å². The third-order valence-corrected chi connectivity index (χ3v) is 9.52. The number of carbonyl (C=O) groups is 2. The number of allylic oxidation sites excluding steroid dienone is 1. The van der Waals surface area contributed by atoms with Crippen molar-refractivity contribution in [2.24, 2.45) is 17.8 Å². The van der Waals surface area contributed by atoms with Crippen molar-refractivity contribution in [3.05, 3.63) is 100 Å². The van der Waals surface area contributed by atoms with Crippen molar-refractivity contribution in [3.63, 3.8) is 0 Å². The SMILES string of the molecule is CCC/C(=C\c1cc(C)c(O)c(C)c1)CC[C@@H](O)C1=C(COc2ccccc2)C[C@H]2C(=O)N(c3cccc(B(O)O)c3)C(=O)[C@H]2[C@H]1CO. The standard InChI is InChI=1S/C38H44BNO8/c1-4-9-25(18-26-16-23(2)36(43)24(3)17-26)14-15-33(42)34-27(22-48-30-12-6-5-7-13-30)19-31-35(32(34)21-41)38(45)40(37(31)44)29-11-8-10-28(20-29)39(46)47/h5-8,10-13,16-18,20,31-33,35,41-43,46-47H,4,9,14-15,19,21-22H2,1-3H3/b25-18+/t31-,32+,33-,35-/m1/s1. The van der Waals surface area contributed by atoms with Gasteiger partial charge in [0.1, 0.15) is 18.1 Å². The molecule has 1 aliphatic heterocycles. The van der Waals surface area contributed by atoms with Crippen molar-refractivity contribution in [1.29, 1.82) is 0 Å². The number of imide groups is 1. The summed E-state index contributed by atoms with van der Waals surface area (Å²) in [6.45, 7) is 5.45. The summed E-state index contributed by atoms with van der Waals surface area (Å²) in [5.74, 6) is -2.54. The van der Waals surface area contributed by atoms with Crippen LogP contribution in [0.15, 0.2) is 83.4 Å². The minimum atomic E-state index is -1.77. The van der Waals surface area contributed by atoms with E-state index in [1.54, 1.807) is 12.1 Å². The highest BCUT2D eigenvalue weighted by atomic mass is 16.5. The molecule has 48 heavy (non-hydrogen) atoms. The van der Waals surface area contributed by atoms with Gasteiger partial charge in [-0.05, 0) is 109 Å². The average Bonchev–Trinajstić information content (AvgIpc) is 3.33. The zero-order valence-corrected chi connectivity index (χ0v) is 27.7. The number of aliphatic hydroxyl groups is 2. The van der Waals surface area contributed by atoms with Gasteiger partial charge in [0.05, 0.1) is 30.2 Å². The maximum atomic E-state index is 14.0. The van der Waals surface area contributed by atoms with Crippen LogP contribution in [0.5, 0.6) is 11.5 Å². The first-order valence-corrected chi connectivity index (χ1v) is 16.6. The molecule has 3 aromatic carbocycles. The second-order valence-electron chi connectivity index (χ2n) is 12.9. The number of aromatic hydroxyl groups is 1. The lowest BCUT2D eigenvalue weighted by Crippen LogP contribution is -2.40. The summed E-state index contributed by atoms with van der Waals surface area (Å²) in [6.07, 6.45) is 3.87. The van der Waals surface area contributed by atoms with Crippen LogP contribution < -0.4 is 15.1 Å². The van der Waals surface area contributed by atoms with Gasteiger partial charge in [0.25, 0.3) is 0 Å². The predicted molar refractivity (Wildman–Crippen MR) is 186 cm³/mol. The molecule has 0 radical (unpaired) electrons. The monoisotopic (exact) mass is 653 g/mol. The van der Waals surface area contributed by atoms with Crippen LogP contribution in [-0.4, -0.2) is 63.6 Å². The molecule has 3 aromatic rings. The largest absolute Gasteiger partial charge is 0.507 e. The molecule has 1 aliphatic carbocycles. The Morgan fingerprint density at radius 3 is 2.35 bits per heavy atom. The van der Waals surface area contributed by atoms with E-state index in [9.17, 15) is 35.0 Å². The second kappa shape index (κ2) is 15.3. The number of phenolic OH excluding ortho intramolecular Hbond substituents is 1. The Morgan fingerprint density at radius 2 is 1.71 bits per heavy atom. The molecule has 0 bridgehead atoms. The number of ether oxygens (including phenoxy) is 1. The number of phenols is 1. The molecule has 9 nitrogen and oxygen atoms in total. The molecule has 2 aliphatic rings. The highest BCUT2D eigenvalue weighted by Gasteiger charge is 2.55. The van der Waals surface area contributed by atoms with Gasteiger partial charge in [0, 0.05) is 5.92 Å². The highest BCUT2D eigenvalue weighted by molar-refractivity contribution is 6.58. The molecular formula is C38H44BNO8. The van der Waals surface area contributed by atoms with Gasteiger partial charge in [0.15, 0.2) is 0 Å². The van der Waals surface area contributed by atoms with Crippen LogP contribution >= 0.6 is 0 Å². The molecule has 0 aromatic heterocycles. The summed E-state index contributed by atoms with van der Waals surface area (Å²) in [7, 11) is -1.77. The molecule has 4 atom stereocenters. The Hall–Kier alpha value is -4.22. The van der Waals surface area contributed by atoms with Crippen molar-refractivity contribution in [3.8, 4) is 11.5 Å². The van der Waals surface area contributed by atoms with E-state index < -0.39 is 49.4 Å². The molecule has 10 heteroatoms. The van der Waals surface area contributed by atoms with Crippen molar-refractivity contribution in [2.45, 2.75) is 59.0 Å². The molecular weight excluding hydrogens is 609 g/mol. The maximum Gasteiger partial charge on any atom is 0.488 e. The number of amides is 2. The second-order valence-corrected chi connectivity index (χ2v) is 12.9. The summed E-state index contributed by atoms with van der Waals surface area (Å²) >= 11 is 0. The lowest BCUT2D eigenvalue weighted by atomic mass is 9.68. The number of hydrogen-bond donors (Lipinski definition) is 5. The highest BCUT2D eigenvalue weighted by Crippen LogP contribution is 2.47. The molecule has 1 saturated heterocycles. The van der Waals surface area contributed by atoms with Crippen LogP contribution in [0.2, 0.25) is 0 Å². The van der Waals surface area contributed by atoms with E-state index >= 15 is 0 Å². The number of aryl methyl sites for hydroxylation is 2. The first-order chi connectivity index (χ1) is 23.0. The van der Waals surface area contributed by atoms with Gasteiger partial charge in [0.2, 0.25) is 11.8 Å². The number of rotatable bonds is 13. The quantitative estimate of drug-likeness (QED) is 0.105. The number of benzene rings is 3. The molecule has 5 rings (SSSR count). The van der Waals surface area contributed by atoms with Gasteiger partial charge < -0.3 is 30.1 Å². The summed E-state index contributed by atoms with van der Waals surface area (Å²) in [6, 6.07) is 19.1. The first-order valence-electron chi connectivity index (χ1n) is 16.6. The molecule has 1 fully saturated rings. The number of hydrogen-bond acceptors (Lipinski definition) is 8. The normalized spacial score (nSPS) is 20.3. The minimum Gasteiger partial charge on any atom is -0.507 e. The van der Waals surface area contributed by atoms with Gasteiger partial charge in [-0.1, -0.05) is 55.3 Å². The van der Waals surface area contributed by atoms with E-state index in [-0.39, 0.29) is 29.9 Å². The van der Waals surface area contributed by atoms with Crippen LogP contribution in [-0.2, 0) is 9.59 Å². The van der Waals surface area contributed by atoms with Crippen molar-refractivity contribution < 1.29 is 39.7 Å². The van der Waals surface area contributed by atoms with Crippen LogP contribution in [0.3, 0.4) is 0 Å². The zero-order valence-electron chi connectivity index (χ0n) is 27.7. The summed E-state index contributed by atoms with van der Waals surface area (Å²) in [5.41, 5.74) is 5.25. The van der Waals surface area contributed by atoms with Crippen molar-refractivity contribution in [2.75, 3.05) is 18.1 Å². The molecule has 0 spiro atoms. The third kappa shape index (κ3) is 7.42. The molecule has 5 N–H and O–H groups in total. The van der Waals surface area contributed by atoms with Crippen molar-refractivity contribution >= 4 is 36.2 Å². The van der Waals surface area contributed by atoms with E-state index in [4.69, 9.17) is 4.74 Å². The topological polar surface area (TPSA) is 148 Å². The van der Waals surface area contributed by atoms with Crippen molar-refractivity contribution in [1.82, 2.24) is 0 Å². The molecule has 252 valence electrons. The fourth-order valence-electron chi connectivity index (χ4n) is 7.23. The molecule has 0 saturated carbocycles. The summed E-state index contributed by atoms with van der Waals surface area (Å²) < 4.78 is 6.11. The Kier molecular flexibility index (Phi) is 11.2. The Labute approximate surface area is 282 Å². The number of fused-ring (bicyclic) bond motifs is 1. The van der Waals surface area contributed by atoms with Crippen LogP contribution in [0.1, 0.15) is 55.7 Å². The van der Waals surface area contributed by atoms with Gasteiger partial charge in [-0.3, -0.25) is 14.5 Å². The van der Waals surface area contributed by atoms with Gasteiger partial charge in [-0.15, -0.1) is 0 Å². The van der Waals surface area contributed by atoms with E-state index in [1.165, 1.54) is 12.1 Å². The third-order valence-electron chi connectivity index (χ3n) is 9.52. The van der Waals surface area contributed by atoms with E-state index in [0.29, 0.717) is 29.7 Å². The Bertz CT molecular complexity index is 1680. The summed E-state index contributed by atoms with van der Waals surface area (Å²) in [4.78, 5) is 28.9. The van der Waals surface area contributed by atoms with E-state index in [1.807, 2.05) is 56.3 Å². The van der Waals surface area contributed by atoms with Crippen LogP contribution in [0.25, 0.3) is 6.08 Å². The average molecular weight is 654 g/mol. The Morgan fingerprint density at radius 1 is 1.00 bits per heavy atom. The van der Waals surface area contributed by atoms with Crippen LogP contribution in [0.4, 0.5) is 5.69 Å². The fourth-order valence-corrected chi connectivity index (χ4v) is 7.23. The smallest absolute Gasteiger partial charge is 0.488 e. The lowest BCUT2D eigenvalue weighted by Gasteiger charge is -2.36. The minimum absolute atomic E-state index is 0.0769. The van der Waals surface area contributed by atoms with Gasteiger partial charge in [-0.25, -0.2) is 0 Å². The molecule has 2 amide bonds. The number of anilines is 1. The molecule has 1 heterocycles. The first kappa shape index (κ1) is 35.1. The summed E-state index contributed by atoms with van der Waals surface area (Å²) in [5, 5.41) is 52.3. The number of carbonyl (C=O) groups excluding carboxylic acids is 2. The fraction of sp³-hybridized carbons (Fsp3) is 0.368. The maximum absolute atomic E-state index is 14.0. The number of aliphatic hydroxyl groups excluding tert-OH is 2. The predicted octanol–water partition coefficient (Wildman–Crippen LogP) is 4.21. The Balaban J connectivity index is 1.47. The number of para-hydroxylation sites is 1. The molecule has 0 unspecified atom stereocenters. The van der Waals surface area contributed by atoms with E-state index in [2.05, 4.69) is 13.0 Å². The van der Waals surface area contributed by atoms with Gasteiger partial charge in [-0.2, -0.15) is 0 Å². The van der Waals surface area contributed by atoms with Crippen LogP contribution in [0, 0.1) is 31.6 Å². The number of nitrogens with zero attached hydrogens (tertiary/aromatic N) is 1. The zero-order chi connectivity index (χ0) is 34.5.